The van der Waals surface area contributed by atoms with Gasteiger partial charge in [-0.25, -0.2) is 13.6 Å². The molecule has 0 spiro atoms. The molecule has 2 aromatic rings. The van der Waals surface area contributed by atoms with Gasteiger partial charge >= 0.3 is 5.97 Å². The Morgan fingerprint density at radius 2 is 1.91 bits per heavy atom. The average molecular weight is 459 g/mol. The molecule has 2 heterocycles. The van der Waals surface area contributed by atoms with E-state index in [1.807, 2.05) is 0 Å². The van der Waals surface area contributed by atoms with E-state index in [0.717, 1.165) is 12.1 Å². The second-order valence-corrected chi connectivity index (χ2v) is 7.67. The van der Waals surface area contributed by atoms with E-state index in [1.165, 1.54) is 29.2 Å². The Morgan fingerprint density at radius 1 is 1.12 bits per heavy atom. The van der Waals surface area contributed by atoms with Gasteiger partial charge < -0.3 is 25.4 Å². The number of rotatable bonds is 6. The molecule has 172 valence electrons. The van der Waals surface area contributed by atoms with Crippen molar-refractivity contribution in [2.24, 2.45) is 0 Å². The summed E-state index contributed by atoms with van der Waals surface area (Å²) in [4.78, 5) is 50.0. The zero-order chi connectivity index (χ0) is 23.7. The summed E-state index contributed by atoms with van der Waals surface area (Å²) in [5.41, 5.74) is 0.823. The average Bonchev–Trinajstić information content (AvgIpc) is 3.12. The monoisotopic (exact) mass is 459 g/mol. The molecule has 3 N–H and O–H groups in total. The summed E-state index contributed by atoms with van der Waals surface area (Å²) in [5.74, 6) is -4.32. The van der Waals surface area contributed by atoms with Crippen molar-refractivity contribution in [1.29, 1.82) is 0 Å². The van der Waals surface area contributed by atoms with Crippen molar-refractivity contribution in [3.8, 4) is 11.1 Å². The molecule has 2 aliphatic heterocycles. The topological polar surface area (TPSA) is 125 Å². The number of hydrogen-bond acceptors (Lipinski definition) is 5. The van der Waals surface area contributed by atoms with Gasteiger partial charge in [0.15, 0.2) is 0 Å². The third-order valence-electron chi connectivity index (χ3n) is 5.48. The number of carbonyl (C=O) groups excluding carboxylic acids is 3. The number of halogens is 2. The first-order valence-corrected chi connectivity index (χ1v) is 10.0. The molecule has 1 saturated heterocycles. The lowest BCUT2D eigenvalue weighted by molar-refractivity contribution is -0.143. The number of benzene rings is 2. The van der Waals surface area contributed by atoms with Crippen molar-refractivity contribution >= 4 is 29.4 Å². The van der Waals surface area contributed by atoms with Gasteiger partial charge in [0.05, 0.1) is 17.3 Å². The Balaban J connectivity index is 1.56. The molecule has 11 heteroatoms. The third-order valence-corrected chi connectivity index (χ3v) is 5.48. The molecule has 2 aromatic carbocycles. The standard InChI is InChI=1S/C22H19F2N3O6/c23-12-2-3-13(15(24)8-12)11-1-4-16-14(7-11)22(32)27-6-5-17(20(27)21(31)26-16)25-18(28)9-33-10-19(29)30/h1-4,7-8,17,20H,5-6,9-10H2,(H,25,28)(H,26,31)(H,29,30). The van der Waals surface area contributed by atoms with Crippen LogP contribution in [0.5, 0.6) is 0 Å². The van der Waals surface area contributed by atoms with Crippen LogP contribution in [-0.4, -0.2) is 65.5 Å². The van der Waals surface area contributed by atoms with Crippen LogP contribution < -0.4 is 10.6 Å². The molecule has 9 nitrogen and oxygen atoms in total. The molecule has 1 fully saturated rings. The Bertz CT molecular complexity index is 1150. The highest BCUT2D eigenvalue weighted by atomic mass is 19.1. The fraction of sp³-hybridized carbons (Fsp3) is 0.273. The fourth-order valence-corrected chi connectivity index (χ4v) is 4.06. The predicted octanol–water partition coefficient (Wildman–Crippen LogP) is 1.38. The van der Waals surface area contributed by atoms with Crippen LogP contribution >= 0.6 is 0 Å². The van der Waals surface area contributed by atoms with Gasteiger partial charge in [-0.15, -0.1) is 0 Å². The Hall–Kier alpha value is -3.86. The number of amides is 3. The first-order valence-electron chi connectivity index (χ1n) is 10.0. The van der Waals surface area contributed by atoms with Crippen molar-refractivity contribution in [3.05, 3.63) is 53.6 Å². The van der Waals surface area contributed by atoms with Crippen LogP contribution in [0.1, 0.15) is 16.8 Å². The smallest absolute Gasteiger partial charge is 0.329 e. The maximum absolute atomic E-state index is 14.2. The molecular formula is C22H19F2N3O6. The largest absolute Gasteiger partial charge is 0.480 e. The van der Waals surface area contributed by atoms with Crippen LogP contribution in [0.25, 0.3) is 11.1 Å². The van der Waals surface area contributed by atoms with Gasteiger partial charge in [-0.05, 0) is 36.2 Å². The number of carboxylic acids is 1. The van der Waals surface area contributed by atoms with Crippen LogP contribution in [0.3, 0.4) is 0 Å². The number of fused-ring (bicyclic) bond motifs is 2. The van der Waals surface area contributed by atoms with Crippen LogP contribution in [-0.2, 0) is 19.1 Å². The van der Waals surface area contributed by atoms with E-state index in [1.54, 1.807) is 0 Å². The van der Waals surface area contributed by atoms with E-state index in [4.69, 9.17) is 9.84 Å². The quantitative estimate of drug-likeness (QED) is 0.600. The number of aliphatic carboxylic acids is 1. The zero-order valence-electron chi connectivity index (χ0n) is 17.1. The molecule has 0 aliphatic carbocycles. The van der Waals surface area contributed by atoms with Gasteiger partial charge in [0.1, 0.15) is 30.9 Å². The first kappa shape index (κ1) is 22.3. The minimum Gasteiger partial charge on any atom is -0.480 e. The second kappa shape index (κ2) is 8.94. The summed E-state index contributed by atoms with van der Waals surface area (Å²) in [6.07, 6.45) is 0.302. The Kier molecular flexibility index (Phi) is 6.05. The van der Waals surface area contributed by atoms with Gasteiger partial charge in [-0.2, -0.15) is 0 Å². The normalized spacial score (nSPS) is 19.4. The SMILES string of the molecule is O=C(O)COCC(=O)NC1CCN2C(=O)c3cc(-c4ccc(F)cc4F)ccc3NC(=O)C12. The number of nitrogens with zero attached hydrogens (tertiary/aromatic N) is 1. The molecule has 2 aliphatic rings. The maximum atomic E-state index is 14.2. The molecular weight excluding hydrogens is 440 g/mol. The lowest BCUT2D eigenvalue weighted by Gasteiger charge is -2.24. The van der Waals surface area contributed by atoms with E-state index in [0.29, 0.717) is 12.0 Å². The number of nitrogens with one attached hydrogen (secondary N) is 2. The number of hydrogen-bond donors (Lipinski definition) is 3. The van der Waals surface area contributed by atoms with Gasteiger partial charge in [-0.3, -0.25) is 14.4 Å². The molecule has 0 aromatic heterocycles. The number of ether oxygens (including phenoxy) is 1. The second-order valence-electron chi connectivity index (χ2n) is 7.67. The van der Waals surface area contributed by atoms with E-state index in [9.17, 15) is 28.0 Å². The van der Waals surface area contributed by atoms with Crippen LogP contribution in [0.15, 0.2) is 36.4 Å². The summed E-state index contributed by atoms with van der Waals surface area (Å²) in [5, 5.41) is 13.9. The molecule has 3 amide bonds. The number of carboxylic acid groups (broad SMARTS) is 1. The molecule has 2 atom stereocenters. The summed E-state index contributed by atoms with van der Waals surface area (Å²) >= 11 is 0. The van der Waals surface area contributed by atoms with Crippen molar-refractivity contribution in [2.45, 2.75) is 18.5 Å². The summed E-state index contributed by atoms with van der Waals surface area (Å²) in [6, 6.07) is 5.85. The highest BCUT2D eigenvalue weighted by Gasteiger charge is 2.45. The van der Waals surface area contributed by atoms with Gasteiger partial charge in [0.25, 0.3) is 5.91 Å². The molecule has 4 rings (SSSR count). The lowest BCUT2D eigenvalue weighted by Crippen LogP contribution is -2.52. The van der Waals surface area contributed by atoms with Crippen molar-refractivity contribution in [3.63, 3.8) is 0 Å². The van der Waals surface area contributed by atoms with E-state index in [-0.39, 0.29) is 23.4 Å². The van der Waals surface area contributed by atoms with Crippen LogP contribution in [0.4, 0.5) is 14.5 Å². The predicted molar refractivity (Wildman–Crippen MR) is 110 cm³/mol. The summed E-state index contributed by atoms with van der Waals surface area (Å²) < 4.78 is 32.3. The number of anilines is 1. The molecule has 2 unspecified atom stereocenters. The fourth-order valence-electron chi connectivity index (χ4n) is 4.06. The van der Waals surface area contributed by atoms with Gasteiger partial charge in [-0.1, -0.05) is 6.07 Å². The van der Waals surface area contributed by atoms with Crippen molar-refractivity contribution in [1.82, 2.24) is 10.2 Å². The van der Waals surface area contributed by atoms with Crippen LogP contribution in [0, 0.1) is 11.6 Å². The number of carbonyl (C=O) groups is 4. The highest BCUT2D eigenvalue weighted by molar-refractivity contribution is 6.11. The highest BCUT2D eigenvalue weighted by Crippen LogP contribution is 2.33. The zero-order valence-corrected chi connectivity index (χ0v) is 17.1. The minimum atomic E-state index is -1.22. The Morgan fingerprint density at radius 3 is 2.64 bits per heavy atom. The summed E-state index contributed by atoms with van der Waals surface area (Å²) in [6.45, 7) is -0.955. The Labute approximate surface area is 186 Å². The first-order chi connectivity index (χ1) is 15.7. The van der Waals surface area contributed by atoms with Crippen molar-refractivity contribution in [2.75, 3.05) is 25.1 Å². The van der Waals surface area contributed by atoms with E-state index >= 15 is 0 Å². The molecule has 0 radical (unpaired) electrons. The molecule has 0 bridgehead atoms. The summed E-state index contributed by atoms with van der Waals surface area (Å²) in [7, 11) is 0. The van der Waals surface area contributed by atoms with Gasteiger partial charge in [0, 0.05) is 18.2 Å². The third kappa shape index (κ3) is 4.53. The van der Waals surface area contributed by atoms with E-state index < -0.39 is 60.6 Å². The van der Waals surface area contributed by atoms with Gasteiger partial charge in [0.2, 0.25) is 11.8 Å². The maximum Gasteiger partial charge on any atom is 0.329 e. The lowest BCUT2D eigenvalue weighted by atomic mass is 10.0. The molecule has 33 heavy (non-hydrogen) atoms. The molecule has 0 saturated carbocycles. The van der Waals surface area contributed by atoms with E-state index in [2.05, 4.69) is 10.6 Å². The minimum absolute atomic E-state index is 0.104. The van der Waals surface area contributed by atoms with Crippen LogP contribution in [0.2, 0.25) is 0 Å². The van der Waals surface area contributed by atoms with Crippen molar-refractivity contribution < 1.29 is 37.8 Å².